The Hall–Kier alpha value is -2.53. The lowest BCUT2D eigenvalue weighted by molar-refractivity contribution is -0.129. The molecule has 1 amide bonds. The number of benzene rings is 1. The molecule has 7 nitrogen and oxygen atoms in total. The van der Waals surface area contributed by atoms with E-state index >= 15 is 0 Å². The first-order chi connectivity index (χ1) is 13.0. The molecule has 0 aliphatic carbocycles. The van der Waals surface area contributed by atoms with E-state index in [4.69, 9.17) is 37.9 Å². The number of carbonyl (C=O) groups is 1. The Kier molecular flexibility index (Phi) is 7.67. The van der Waals surface area contributed by atoms with Crippen molar-refractivity contribution in [3.05, 3.63) is 51.8 Å². The fourth-order valence-electron chi connectivity index (χ4n) is 2.26. The molecule has 0 radical (unpaired) electrons. The van der Waals surface area contributed by atoms with Crippen LogP contribution in [0.15, 0.2) is 30.5 Å². The van der Waals surface area contributed by atoms with Gasteiger partial charge in [0.1, 0.15) is 11.2 Å². The lowest BCUT2D eigenvalue weighted by atomic mass is 10.1. The number of nitriles is 1. The molecule has 2 aromatic rings. The van der Waals surface area contributed by atoms with Gasteiger partial charge in [-0.2, -0.15) is 5.26 Å². The molecule has 142 valence electrons. The number of halogens is 2. The minimum absolute atomic E-state index is 0.0762. The number of pyridine rings is 1. The molecule has 2 rings (SSSR count). The van der Waals surface area contributed by atoms with Crippen LogP contribution in [-0.2, 0) is 11.2 Å². The largest absolute Gasteiger partial charge is 0.493 e. The van der Waals surface area contributed by atoms with Crippen LogP contribution in [0.5, 0.6) is 11.5 Å². The minimum atomic E-state index is -1.40. The van der Waals surface area contributed by atoms with Crippen LogP contribution in [0, 0.1) is 11.3 Å². The number of aliphatic hydroxyl groups is 1. The van der Waals surface area contributed by atoms with Crippen molar-refractivity contribution in [3.63, 3.8) is 0 Å². The first kappa shape index (κ1) is 20.8. The van der Waals surface area contributed by atoms with Crippen molar-refractivity contribution in [2.75, 3.05) is 20.3 Å². The van der Waals surface area contributed by atoms with Gasteiger partial charge < -0.3 is 19.9 Å². The van der Waals surface area contributed by atoms with E-state index in [9.17, 15) is 9.90 Å². The van der Waals surface area contributed by atoms with Crippen molar-refractivity contribution in [1.29, 1.82) is 5.26 Å². The second-order valence-corrected chi connectivity index (χ2v) is 6.18. The zero-order valence-corrected chi connectivity index (χ0v) is 15.9. The number of carbonyl (C=O) groups excluding carboxylic acids is 1. The third kappa shape index (κ3) is 5.73. The fraction of sp³-hybridized carbons (Fsp3) is 0.278. The van der Waals surface area contributed by atoms with E-state index in [0.717, 1.165) is 5.56 Å². The maximum atomic E-state index is 12.1. The number of hydrogen-bond donors (Lipinski definition) is 2. The number of methoxy groups -OCH3 is 1. The quantitative estimate of drug-likeness (QED) is 0.649. The molecule has 1 heterocycles. The highest BCUT2D eigenvalue weighted by atomic mass is 35.5. The van der Waals surface area contributed by atoms with Crippen LogP contribution in [0.3, 0.4) is 0 Å². The molecule has 0 bridgehead atoms. The second-order valence-electron chi connectivity index (χ2n) is 5.42. The van der Waals surface area contributed by atoms with Gasteiger partial charge in [0.25, 0.3) is 5.91 Å². The van der Waals surface area contributed by atoms with E-state index < -0.39 is 12.0 Å². The topological polar surface area (TPSA) is 104 Å². The second kappa shape index (κ2) is 9.97. The lowest BCUT2D eigenvalue weighted by Crippen LogP contribution is -2.31. The van der Waals surface area contributed by atoms with E-state index in [2.05, 4.69) is 10.3 Å². The van der Waals surface area contributed by atoms with E-state index in [1.165, 1.54) is 19.4 Å². The number of ether oxygens (including phenoxy) is 2. The summed E-state index contributed by atoms with van der Waals surface area (Å²) in [5.74, 6) is 0.390. The number of aromatic nitrogens is 1. The molecule has 1 aromatic heterocycles. The summed E-state index contributed by atoms with van der Waals surface area (Å²) < 4.78 is 10.5. The standard InChI is InChI=1S/C18H17Cl2N3O4/c1-26-15-8-11(2-3-14(15)27-7-5-21)4-6-22-18(25)16(24)12-9-13(19)17(20)23-10-12/h2-3,8-10,16,24H,4,6-7H2,1H3,(H,22,25). The number of rotatable bonds is 8. The maximum absolute atomic E-state index is 12.1. The SMILES string of the molecule is COc1cc(CCNC(=O)C(O)c2cnc(Cl)c(Cl)c2)ccc1OCC#N. The summed E-state index contributed by atoms with van der Waals surface area (Å²) in [6.07, 6.45) is 0.402. The van der Waals surface area contributed by atoms with Gasteiger partial charge in [-0.15, -0.1) is 0 Å². The van der Waals surface area contributed by atoms with Gasteiger partial charge in [-0.25, -0.2) is 4.98 Å². The van der Waals surface area contributed by atoms with E-state index in [1.54, 1.807) is 18.2 Å². The Morgan fingerprint density at radius 3 is 2.81 bits per heavy atom. The Labute approximate surface area is 166 Å². The van der Waals surface area contributed by atoms with Gasteiger partial charge in [-0.05, 0) is 30.2 Å². The molecular formula is C18H17Cl2N3O4. The number of aliphatic hydroxyl groups excluding tert-OH is 1. The Bertz CT molecular complexity index is 855. The number of amides is 1. The Morgan fingerprint density at radius 1 is 1.37 bits per heavy atom. The van der Waals surface area contributed by atoms with Gasteiger partial charge in [0.2, 0.25) is 0 Å². The van der Waals surface area contributed by atoms with Crippen LogP contribution in [0.25, 0.3) is 0 Å². The first-order valence-electron chi connectivity index (χ1n) is 7.89. The number of nitrogens with zero attached hydrogens (tertiary/aromatic N) is 2. The molecule has 2 N–H and O–H groups in total. The summed E-state index contributed by atoms with van der Waals surface area (Å²) >= 11 is 11.6. The molecule has 0 aliphatic heterocycles. The van der Waals surface area contributed by atoms with Crippen molar-refractivity contribution in [2.24, 2.45) is 0 Å². The molecule has 27 heavy (non-hydrogen) atoms. The first-order valence-corrected chi connectivity index (χ1v) is 8.65. The Balaban J connectivity index is 1.92. The molecule has 0 fully saturated rings. The molecule has 0 spiro atoms. The van der Waals surface area contributed by atoms with Gasteiger partial charge in [-0.1, -0.05) is 29.3 Å². The predicted molar refractivity (Wildman–Crippen MR) is 100 cm³/mol. The molecule has 1 atom stereocenters. The molecular weight excluding hydrogens is 393 g/mol. The summed E-state index contributed by atoms with van der Waals surface area (Å²) in [6, 6.07) is 8.55. The highest BCUT2D eigenvalue weighted by Crippen LogP contribution is 2.28. The summed E-state index contributed by atoms with van der Waals surface area (Å²) in [6.45, 7) is 0.222. The zero-order chi connectivity index (χ0) is 19.8. The number of hydrogen-bond acceptors (Lipinski definition) is 6. The van der Waals surface area contributed by atoms with Gasteiger partial charge in [0, 0.05) is 18.3 Å². The molecule has 1 unspecified atom stereocenters. The molecule has 9 heteroatoms. The highest BCUT2D eigenvalue weighted by Gasteiger charge is 2.18. The van der Waals surface area contributed by atoms with Crippen molar-refractivity contribution >= 4 is 29.1 Å². The lowest BCUT2D eigenvalue weighted by Gasteiger charge is -2.13. The van der Waals surface area contributed by atoms with Crippen LogP contribution in [0.2, 0.25) is 10.2 Å². The molecule has 0 aliphatic rings. The smallest absolute Gasteiger partial charge is 0.253 e. The van der Waals surface area contributed by atoms with Crippen LogP contribution in [-0.4, -0.2) is 36.3 Å². The minimum Gasteiger partial charge on any atom is -0.493 e. The number of nitrogens with one attached hydrogen (secondary N) is 1. The molecule has 0 saturated carbocycles. The molecule has 0 saturated heterocycles. The van der Waals surface area contributed by atoms with E-state index in [0.29, 0.717) is 24.5 Å². The summed E-state index contributed by atoms with van der Waals surface area (Å²) in [4.78, 5) is 15.9. The summed E-state index contributed by atoms with van der Waals surface area (Å²) in [5.41, 5.74) is 1.14. The Morgan fingerprint density at radius 2 is 2.15 bits per heavy atom. The van der Waals surface area contributed by atoms with Gasteiger partial charge in [0.15, 0.2) is 24.2 Å². The van der Waals surface area contributed by atoms with Crippen LogP contribution in [0.4, 0.5) is 0 Å². The van der Waals surface area contributed by atoms with Crippen LogP contribution in [0.1, 0.15) is 17.2 Å². The van der Waals surface area contributed by atoms with Gasteiger partial charge in [-0.3, -0.25) is 4.79 Å². The third-order valence-electron chi connectivity index (χ3n) is 3.61. The average Bonchev–Trinajstić information content (AvgIpc) is 2.68. The van der Waals surface area contributed by atoms with Crippen LogP contribution >= 0.6 is 23.2 Å². The third-order valence-corrected chi connectivity index (χ3v) is 4.30. The van der Waals surface area contributed by atoms with Crippen molar-refractivity contribution in [1.82, 2.24) is 10.3 Å². The maximum Gasteiger partial charge on any atom is 0.253 e. The molecule has 1 aromatic carbocycles. The van der Waals surface area contributed by atoms with Crippen molar-refractivity contribution < 1.29 is 19.4 Å². The van der Waals surface area contributed by atoms with Crippen molar-refractivity contribution in [2.45, 2.75) is 12.5 Å². The van der Waals surface area contributed by atoms with Gasteiger partial charge in [0.05, 0.1) is 12.1 Å². The van der Waals surface area contributed by atoms with Crippen molar-refractivity contribution in [3.8, 4) is 17.6 Å². The monoisotopic (exact) mass is 409 g/mol. The highest BCUT2D eigenvalue weighted by molar-refractivity contribution is 6.41. The summed E-state index contributed by atoms with van der Waals surface area (Å²) in [5, 5.41) is 21.6. The average molecular weight is 410 g/mol. The fourth-order valence-corrected chi connectivity index (χ4v) is 2.54. The van der Waals surface area contributed by atoms with Crippen LogP contribution < -0.4 is 14.8 Å². The summed E-state index contributed by atoms with van der Waals surface area (Å²) in [7, 11) is 1.50. The van der Waals surface area contributed by atoms with E-state index in [1.807, 2.05) is 6.07 Å². The zero-order valence-electron chi connectivity index (χ0n) is 14.4. The van der Waals surface area contributed by atoms with Gasteiger partial charge >= 0.3 is 0 Å². The van der Waals surface area contributed by atoms with E-state index in [-0.39, 0.29) is 22.3 Å². The normalized spacial score (nSPS) is 11.4. The predicted octanol–water partition coefficient (Wildman–Crippen LogP) is 2.69.